The van der Waals surface area contributed by atoms with Gasteiger partial charge in [0.15, 0.2) is 0 Å². The molecule has 2 saturated carbocycles. The van der Waals surface area contributed by atoms with E-state index in [2.05, 4.69) is 0 Å². The number of benzene rings is 2. The molecule has 2 N–H and O–H groups in total. The van der Waals surface area contributed by atoms with Crippen LogP contribution in [0.3, 0.4) is 0 Å². The molecule has 0 saturated heterocycles. The molecular weight excluding hydrogens is 317 g/mol. The van der Waals surface area contributed by atoms with Crippen LogP contribution in [-0.2, 0) is 0 Å². The minimum absolute atomic E-state index is 0.262. The minimum atomic E-state index is -0.380. The van der Waals surface area contributed by atoms with Crippen molar-refractivity contribution in [3.63, 3.8) is 0 Å². The van der Waals surface area contributed by atoms with E-state index >= 15 is 0 Å². The second kappa shape index (κ2) is 5.19. The zero-order valence-electron chi connectivity index (χ0n) is 13.7. The average molecular weight is 335 g/mol. The van der Waals surface area contributed by atoms with Crippen molar-refractivity contribution < 1.29 is 13.6 Å². The Morgan fingerprint density at radius 1 is 0.960 bits per heavy atom. The van der Waals surface area contributed by atoms with Gasteiger partial charge < -0.3 is 10.2 Å². The van der Waals surface area contributed by atoms with E-state index in [4.69, 9.17) is 10.2 Å². The van der Waals surface area contributed by atoms with Crippen molar-refractivity contribution in [2.24, 2.45) is 5.73 Å². The van der Waals surface area contributed by atoms with Gasteiger partial charge in [-0.25, -0.2) is 4.39 Å². The van der Waals surface area contributed by atoms with Gasteiger partial charge in [-0.15, -0.1) is 0 Å². The second-order valence-corrected chi connectivity index (χ2v) is 7.16. The van der Waals surface area contributed by atoms with E-state index in [9.17, 15) is 9.18 Å². The number of hydrogen-bond donors (Lipinski definition) is 1. The molecule has 25 heavy (non-hydrogen) atoms. The second-order valence-electron chi connectivity index (χ2n) is 7.16. The third-order valence-corrected chi connectivity index (χ3v) is 5.28. The molecule has 2 aliphatic carbocycles. The molecule has 1 heterocycles. The Balaban J connectivity index is 1.82. The van der Waals surface area contributed by atoms with Crippen molar-refractivity contribution in [1.82, 2.24) is 0 Å². The molecule has 5 rings (SSSR count). The Morgan fingerprint density at radius 3 is 2.20 bits per heavy atom. The zero-order chi connectivity index (χ0) is 17.1. The highest BCUT2D eigenvalue weighted by Crippen LogP contribution is 2.53. The fourth-order valence-electron chi connectivity index (χ4n) is 3.83. The summed E-state index contributed by atoms with van der Waals surface area (Å²) in [6, 6.07) is 10.0. The van der Waals surface area contributed by atoms with Crippen molar-refractivity contribution >= 4 is 16.9 Å². The Labute approximate surface area is 144 Å². The van der Waals surface area contributed by atoms with Crippen LogP contribution < -0.4 is 5.73 Å². The molecule has 0 atom stereocenters. The highest BCUT2D eigenvalue weighted by atomic mass is 19.1. The van der Waals surface area contributed by atoms with Gasteiger partial charge in [-0.2, -0.15) is 0 Å². The first-order valence-corrected chi connectivity index (χ1v) is 8.78. The molecule has 4 heteroatoms. The lowest BCUT2D eigenvalue weighted by atomic mass is 9.92. The molecule has 0 unspecified atom stereocenters. The lowest BCUT2D eigenvalue weighted by molar-refractivity contribution is 0.0999. The predicted octanol–water partition coefficient (Wildman–Crippen LogP) is 5.09. The van der Waals surface area contributed by atoms with Crippen LogP contribution in [0.15, 0.2) is 40.8 Å². The molecule has 2 fully saturated rings. The van der Waals surface area contributed by atoms with E-state index in [0.29, 0.717) is 17.4 Å². The Morgan fingerprint density at radius 2 is 1.60 bits per heavy atom. The molecule has 0 radical (unpaired) electrons. The summed E-state index contributed by atoms with van der Waals surface area (Å²) in [5.41, 5.74) is 10.2. The zero-order valence-corrected chi connectivity index (χ0v) is 13.7. The number of nitrogens with two attached hydrogens (primary N) is 1. The van der Waals surface area contributed by atoms with E-state index in [0.717, 1.165) is 53.5 Å². The van der Waals surface area contributed by atoms with Crippen molar-refractivity contribution in [1.29, 1.82) is 0 Å². The van der Waals surface area contributed by atoms with E-state index in [1.54, 1.807) is 18.2 Å². The first-order valence-electron chi connectivity index (χ1n) is 8.78. The highest BCUT2D eigenvalue weighted by molar-refractivity contribution is 6.03. The van der Waals surface area contributed by atoms with Gasteiger partial charge in [0.05, 0.1) is 0 Å². The van der Waals surface area contributed by atoms with Gasteiger partial charge in [-0.05, 0) is 79.5 Å². The van der Waals surface area contributed by atoms with Gasteiger partial charge in [-0.1, -0.05) is 0 Å². The van der Waals surface area contributed by atoms with Crippen LogP contribution in [-0.4, -0.2) is 5.91 Å². The van der Waals surface area contributed by atoms with E-state index in [1.165, 1.54) is 17.7 Å². The summed E-state index contributed by atoms with van der Waals surface area (Å²) >= 11 is 0. The van der Waals surface area contributed by atoms with Gasteiger partial charge in [0.25, 0.3) is 0 Å². The lowest BCUT2D eigenvalue weighted by Gasteiger charge is -2.09. The van der Waals surface area contributed by atoms with Crippen molar-refractivity contribution in [3.8, 4) is 11.3 Å². The van der Waals surface area contributed by atoms with Crippen LogP contribution in [0.4, 0.5) is 4.39 Å². The number of rotatable bonds is 4. The third-order valence-electron chi connectivity index (χ3n) is 5.28. The van der Waals surface area contributed by atoms with Crippen LogP contribution >= 0.6 is 0 Å². The normalized spacial score (nSPS) is 17.2. The largest absolute Gasteiger partial charge is 0.456 e. The number of furan rings is 1. The summed E-state index contributed by atoms with van der Waals surface area (Å²) in [6.07, 6.45) is 4.41. The van der Waals surface area contributed by atoms with Gasteiger partial charge in [0, 0.05) is 22.1 Å². The molecule has 2 aliphatic rings. The van der Waals surface area contributed by atoms with E-state index in [1.807, 2.05) is 6.07 Å². The maximum Gasteiger partial charge on any atom is 0.249 e. The Bertz CT molecular complexity index is 995. The van der Waals surface area contributed by atoms with Crippen LogP contribution in [0.5, 0.6) is 0 Å². The molecule has 0 bridgehead atoms. The topological polar surface area (TPSA) is 56.2 Å². The summed E-state index contributed by atoms with van der Waals surface area (Å²) in [6.45, 7) is 0. The molecule has 1 amide bonds. The number of primary amides is 1. The van der Waals surface area contributed by atoms with Crippen LogP contribution in [0, 0.1) is 5.82 Å². The third kappa shape index (κ3) is 2.36. The molecule has 126 valence electrons. The van der Waals surface area contributed by atoms with Gasteiger partial charge >= 0.3 is 0 Å². The SMILES string of the molecule is NC(=O)c1ccc2oc(-c3ccc(F)cc3)c(C3CC3)c2c1C1CC1. The molecule has 3 nitrogen and oxygen atoms in total. The maximum atomic E-state index is 13.3. The van der Waals surface area contributed by atoms with Crippen LogP contribution in [0.1, 0.15) is 59.0 Å². The van der Waals surface area contributed by atoms with Gasteiger partial charge in [0.2, 0.25) is 5.91 Å². The molecular formula is C21H18FNO2. The summed E-state index contributed by atoms with van der Waals surface area (Å²) in [5, 5.41) is 1.07. The smallest absolute Gasteiger partial charge is 0.249 e. The van der Waals surface area contributed by atoms with Gasteiger partial charge in [-0.3, -0.25) is 4.79 Å². The molecule has 0 spiro atoms. The summed E-state index contributed by atoms with van der Waals surface area (Å²) < 4.78 is 19.5. The quantitative estimate of drug-likeness (QED) is 0.722. The molecule has 0 aliphatic heterocycles. The highest BCUT2D eigenvalue weighted by Gasteiger charge is 2.37. The van der Waals surface area contributed by atoms with Crippen molar-refractivity contribution in [2.45, 2.75) is 37.5 Å². The van der Waals surface area contributed by atoms with E-state index < -0.39 is 0 Å². The van der Waals surface area contributed by atoms with Crippen molar-refractivity contribution in [2.75, 3.05) is 0 Å². The first-order chi connectivity index (χ1) is 12.1. The fraction of sp³-hybridized carbons (Fsp3) is 0.286. The summed E-state index contributed by atoms with van der Waals surface area (Å²) in [5.74, 6) is 1.00. The predicted molar refractivity (Wildman–Crippen MR) is 94.1 cm³/mol. The number of hydrogen-bond acceptors (Lipinski definition) is 2. The monoisotopic (exact) mass is 335 g/mol. The first kappa shape index (κ1) is 14.7. The number of carbonyl (C=O) groups excluding carboxylic acids is 1. The summed E-state index contributed by atoms with van der Waals surface area (Å²) in [4.78, 5) is 12.0. The van der Waals surface area contributed by atoms with Crippen LogP contribution in [0.2, 0.25) is 0 Å². The van der Waals surface area contributed by atoms with Gasteiger partial charge in [0.1, 0.15) is 17.2 Å². The van der Waals surface area contributed by atoms with E-state index in [-0.39, 0.29) is 11.7 Å². The van der Waals surface area contributed by atoms with Crippen LogP contribution in [0.25, 0.3) is 22.3 Å². The fourth-order valence-corrected chi connectivity index (χ4v) is 3.83. The maximum absolute atomic E-state index is 13.3. The average Bonchev–Trinajstić information content (AvgIpc) is 3.51. The number of fused-ring (bicyclic) bond motifs is 1. The Hall–Kier alpha value is -2.62. The number of amides is 1. The minimum Gasteiger partial charge on any atom is -0.456 e. The molecule has 1 aromatic heterocycles. The number of halogens is 1. The van der Waals surface area contributed by atoms with Crippen molar-refractivity contribution in [3.05, 3.63) is 58.9 Å². The Kier molecular flexibility index (Phi) is 3.05. The molecule has 3 aromatic rings. The standard InChI is InChI=1S/C21H18FNO2/c22-14-7-5-13(6-8-14)20-18(12-3-4-12)19-16(25-20)10-9-15(21(23)24)17(19)11-1-2-11/h5-12H,1-4H2,(H2,23,24). The lowest BCUT2D eigenvalue weighted by Crippen LogP contribution is -2.13. The molecule has 2 aromatic carbocycles. The number of carbonyl (C=O) groups is 1. The summed E-state index contributed by atoms with van der Waals surface area (Å²) in [7, 11) is 0.